The molecule has 1 aromatic carbocycles. The highest BCUT2D eigenvalue weighted by Crippen LogP contribution is 2.47. The molecule has 17 heavy (non-hydrogen) atoms. The average Bonchev–Trinajstić information content (AvgIpc) is 2.14. The summed E-state index contributed by atoms with van der Waals surface area (Å²) in [5.74, 6) is 0.680. The number of rotatable bonds is 1. The molecular formula is C15H22ClN. The second kappa shape index (κ2) is 4.29. The normalized spacial score (nSPS) is 32.4. The second-order valence-corrected chi connectivity index (χ2v) is 6.95. The summed E-state index contributed by atoms with van der Waals surface area (Å²) in [5, 5.41) is 0.778. The van der Waals surface area contributed by atoms with Crippen molar-refractivity contribution in [1.29, 1.82) is 0 Å². The number of halogens is 1. The molecule has 2 heteroatoms. The van der Waals surface area contributed by atoms with E-state index in [-0.39, 0.29) is 5.54 Å². The van der Waals surface area contributed by atoms with Gasteiger partial charge in [-0.05, 0) is 48.3 Å². The van der Waals surface area contributed by atoms with Crippen LogP contribution < -0.4 is 5.73 Å². The standard InChI is InChI=1S/C15H22ClN/c1-11-8-14(2,3)10-15(17,9-11)12-4-6-13(16)7-5-12/h4-7,11H,8-10,17H2,1-3H3. The Kier molecular flexibility index (Phi) is 3.26. The van der Waals surface area contributed by atoms with Crippen molar-refractivity contribution in [3.05, 3.63) is 34.9 Å². The maximum Gasteiger partial charge on any atom is 0.0417 e. The molecule has 0 heterocycles. The highest BCUT2D eigenvalue weighted by molar-refractivity contribution is 6.30. The van der Waals surface area contributed by atoms with Gasteiger partial charge in [-0.3, -0.25) is 0 Å². The first-order valence-corrected chi connectivity index (χ1v) is 6.74. The second-order valence-electron chi connectivity index (χ2n) is 6.52. The van der Waals surface area contributed by atoms with Crippen LogP contribution in [-0.2, 0) is 5.54 Å². The maximum absolute atomic E-state index is 6.65. The first-order valence-electron chi connectivity index (χ1n) is 6.36. The Morgan fingerprint density at radius 3 is 2.29 bits per heavy atom. The van der Waals surface area contributed by atoms with Crippen LogP contribution in [0.15, 0.2) is 24.3 Å². The van der Waals surface area contributed by atoms with E-state index in [1.54, 1.807) is 0 Å². The Balaban J connectivity index is 2.31. The highest BCUT2D eigenvalue weighted by atomic mass is 35.5. The molecule has 1 nitrogen and oxygen atoms in total. The third-order valence-corrected chi connectivity index (χ3v) is 4.08. The molecule has 0 spiro atoms. The van der Waals surface area contributed by atoms with E-state index in [9.17, 15) is 0 Å². The summed E-state index contributed by atoms with van der Waals surface area (Å²) in [6, 6.07) is 8.04. The summed E-state index contributed by atoms with van der Waals surface area (Å²) >= 11 is 5.94. The molecule has 0 saturated heterocycles. The Morgan fingerprint density at radius 1 is 1.18 bits per heavy atom. The number of hydrogen-bond donors (Lipinski definition) is 1. The van der Waals surface area contributed by atoms with Crippen LogP contribution in [0.25, 0.3) is 0 Å². The van der Waals surface area contributed by atoms with Gasteiger partial charge in [0.15, 0.2) is 0 Å². The fraction of sp³-hybridized carbons (Fsp3) is 0.600. The van der Waals surface area contributed by atoms with Crippen LogP contribution in [0.5, 0.6) is 0 Å². The first-order chi connectivity index (χ1) is 7.81. The molecule has 2 atom stereocenters. The highest BCUT2D eigenvalue weighted by Gasteiger charge is 2.41. The largest absolute Gasteiger partial charge is 0.321 e. The molecule has 1 fully saturated rings. The minimum absolute atomic E-state index is 0.189. The first kappa shape index (κ1) is 12.9. The van der Waals surface area contributed by atoms with Crippen LogP contribution in [0.3, 0.4) is 0 Å². The van der Waals surface area contributed by atoms with E-state index >= 15 is 0 Å². The lowest BCUT2D eigenvalue weighted by atomic mass is 9.62. The van der Waals surface area contributed by atoms with E-state index in [1.165, 1.54) is 12.0 Å². The number of hydrogen-bond acceptors (Lipinski definition) is 1. The molecule has 2 N–H and O–H groups in total. The summed E-state index contributed by atoms with van der Waals surface area (Å²) in [7, 11) is 0. The summed E-state index contributed by atoms with van der Waals surface area (Å²) < 4.78 is 0. The van der Waals surface area contributed by atoms with Gasteiger partial charge in [0.2, 0.25) is 0 Å². The van der Waals surface area contributed by atoms with Crippen molar-refractivity contribution in [3.63, 3.8) is 0 Å². The zero-order valence-electron chi connectivity index (χ0n) is 11.0. The van der Waals surface area contributed by atoms with E-state index in [0.717, 1.165) is 17.9 Å². The third-order valence-electron chi connectivity index (χ3n) is 3.83. The Labute approximate surface area is 109 Å². The van der Waals surface area contributed by atoms with Crippen LogP contribution in [0.2, 0.25) is 5.02 Å². The van der Waals surface area contributed by atoms with Crippen molar-refractivity contribution in [2.75, 3.05) is 0 Å². The van der Waals surface area contributed by atoms with Crippen molar-refractivity contribution < 1.29 is 0 Å². The number of nitrogens with two attached hydrogens (primary N) is 1. The summed E-state index contributed by atoms with van der Waals surface area (Å²) in [5.41, 5.74) is 8.01. The van der Waals surface area contributed by atoms with Gasteiger partial charge in [-0.15, -0.1) is 0 Å². The molecule has 0 radical (unpaired) electrons. The minimum atomic E-state index is -0.189. The fourth-order valence-corrected chi connectivity index (χ4v) is 3.76. The van der Waals surface area contributed by atoms with Crippen LogP contribution >= 0.6 is 11.6 Å². The quantitative estimate of drug-likeness (QED) is 0.790. The summed E-state index contributed by atoms with van der Waals surface area (Å²) in [6.07, 6.45) is 3.38. The Hall–Kier alpha value is -0.530. The van der Waals surface area contributed by atoms with Crippen LogP contribution in [-0.4, -0.2) is 0 Å². The topological polar surface area (TPSA) is 26.0 Å². The lowest BCUT2D eigenvalue weighted by Gasteiger charge is -2.46. The van der Waals surface area contributed by atoms with Crippen LogP contribution in [0.4, 0.5) is 0 Å². The van der Waals surface area contributed by atoms with E-state index in [2.05, 4.69) is 32.9 Å². The monoisotopic (exact) mass is 251 g/mol. The molecule has 2 unspecified atom stereocenters. The van der Waals surface area contributed by atoms with E-state index in [1.807, 2.05) is 12.1 Å². The smallest absolute Gasteiger partial charge is 0.0417 e. The number of benzene rings is 1. The van der Waals surface area contributed by atoms with Gasteiger partial charge in [-0.2, -0.15) is 0 Å². The molecule has 1 saturated carbocycles. The van der Waals surface area contributed by atoms with Gasteiger partial charge in [-0.25, -0.2) is 0 Å². The van der Waals surface area contributed by atoms with Crippen molar-refractivity contribution in [3.8, 4) is 0 Å². The molecule has 1 aliphatic rings. The fourth-order valence-electron chi connectivity index (χ4n) is 3.64. The molecule has 0 amide bonds. The van der Waals surface area contributed by atoms with Gasteiger partial charge in [0.25, 0.3) is 0 Å². The molecule has 94 valence electrons. The molecular weight excluding hydrogens is 230 g/mol. The van der Waals surface area contributed by atoms with Crippen molar-refractivity contribution in [2.24, 2.45) is 17.1 Å². The van der Waals surface area contributed by atoms with E-state index in [4.69, 9.17) is 17.3 Å². The lowest BCUT2D eigenvalue weighted by molar-refractivity contribution is 0.107. The molecule has 2 rings (SSSR count). The predicted molar refractivity (Wildman–Crippen MR) is 74.1 cm³/mol. The molecule has 1 aliphatic carbocycles. The van der Waals surface area contributed by atoms with Gasteiger partial charge in [0.05, 0.1) is 0 Å². The van der Waals surface area contributed by atoms with E-state index in [0.29, 0.717) is 11.3 Å². The molecule has 1 aromatic rings. The van der Waals surface area contributed by atoms with E-state index < -0.39 is 0 Å². The zero-order chi connectivity index (χ0) is 12.7. The van der Waals surface area contributed by atoms with Gasteiger partial charge >= 0.3 is 0 Å². The van der Waals surface area contributed by atoms with Gasteiger partial charge in [0, 0.05) is 10.6 Å². The Morgan fingerprint density at radius 2 is 1.76 bits per heavy atom. The maximum atomic E-state index is 6.65. The zero-order valence-corrected chi connectivity index (χ0v) is 11.7. The van der Waals surface area contributed by atoms with Gasteiger partial charge in [-0.1, -0.05) is 44.5 Å². The minimum Gasteiger partial charge on any atom is -0.321 e. The third kappa shape index (κ3) is 2.83. The molecule has 0 bridgehead atoms. The predicted octanol–water partition coefficient (Wildman–Crippen LogP) is 4.34. The van der Waals surface area contributed by atoms with Crippen LogP contribution in [0, 0.1) is 11.3 Å². The SMILES string of the molecule is CC1CC(C)(C)CC(N)(c2ccc(Cl)cc2)C1. The van der Waals surface area contributed by atoms with Gasteiger partial charge < -0.3 is 5.73 Å². The average molecular weight is 252 g/mol. The van der Waals surface area contributed by atoms with Crippen molar-refractivity contribution in [2.45, 2.75) is 45.6 Å². The summed E-state index contributed by atoms with van der Waals surface area (Å²) in [4.78, 5) is 0. The Bertz CT molecular complexity index is 396. The molecule has 0 aliphatic heterocycles. The van der Waals surface area contributed by atoms with Crippen molar-refractivity contribution in [1.82, 2.24) is 0 Å². The van der Waals surface area contributed by atoms with Crippen molar-refractivity contribution >= 4 is 11.6 Å². The lowest BCUT2D eigenvalue weighted by Crippen LogP contribution is -2.46. The van der Waals surface area contributed by atoms with Crippen LogP contribution in [0.1, 0.15) is 45.6 Å². The summed E-state index contributed by atoms with van der Waals surface area (Å²) in [6.45, 7) is 6.94. The van der Waals surface area contributed by atoms with Gasteiger partial charge in [0.1, 0.15) is 0 Å². The molecule has 0 aromatic heterocycles.